The Morgan fingerprint density at radius 1 is 1.12 bits per heavy atom. The Balaban J connectivity index is 1.60. The van der Waals surface area contributed by atoms with Crippen LogP contribution in [0.1, 0.15) is 17.2 Å². The van der Waals surface area contributed by atoms with Gasteiger partial charge in [0.1, 0.15) is 12.2 Å². The fourth-order valence-electron chi connectivity index (χ4n) is 4.05. The predicted molar refractivity (Wildman–Crippen MR) is 124 cm³/mol. The number of piperazine rings is 1. The molecule has 1 aromatic heterocycles. The Labute approximate surface area is 188 Å². The van der Waals surface area contributed by atoms with Gasteiger partial charge in [0.15, 0.2) is 11.7 Å². The minimum atomic E-state index is -1.03. The molecule has 0 radical (unpaired) electrons. The third kappa shape index (κ3) is 4.76. The number of rotatable bonds is 7. The molecular formula is C25H27N6O+. The van der Waals surface area contributed by atoms with E-state index in [2.05, 4.69) is 47.1 Å². The summed E-state index contributed by atoms with van der Waals surface area (Å²) in [5.41, 5.74) is 3.18. The molecule has 7 nitrogen and oxygen atoms in total. The van der Waals surface area contributed by atoms with Crippen molar-refractivity contribution in [2.75, 3.05) is 37.6 Å². The molecule has 1 atom stereocenters. The second kappa shape index (κ2) is 10.0. The summed E-state index contributed by atoms with van der Waals surface area (Å²) >= 11 is 0. The summed E-state index contributed by atoms with van der Waals surface area (Å²) in [5.74, 6) is -0.786. The summed E-state index contributed by atoms with van der Waals surface area (Å²) < 4.78 is 0. The average Bonchev–Trinajstić information content (AvgIpc) is 2.84. The van der Waals surface area contributed by atoms with E-state index < -0.39 is 5.92 Å². The lowest BCUT2D eigenvalue weighted by Gasteiger charge is -2.34. The third-order valence-corrected chi connectivity index (χ3v) is 5.73. The van der Waals surface area contributed by atoms with Gasteiger partial charge in [-0.05, 0) is 12.1 Å². The van der Waals surface area contributed by atoms with Crippen LogP contribution in [0, 0.1) is 11.3 Å². The molecule has 4 rings (SSSR count). The number of aromatic nitrogens is 2. The van der Waals surface area contributed by atoms with Gasteiger partial charge in [-0.25, -0.2) is 9.97 Å². The number of quaternary nitrogens is 1. The first-order valence-electron chi connectivity index (χ1n) is 10.9. The molecule has 1 fully saturated rings. The molecule has 2 aromatic carbocycles. The number of para-hydroxylation sites is 2. The molecule has 0 spiro atoms. The van der Waals surface area contributed by atoms with E-state index in [0.29, 0.717) is 23.6 Å². The van der Waals surface area contributed by atoms with Crippen LogP contribution in [0.15, 0.2) is 67.3 Å². The van der Waals surface area contributed by atoms with Crippen molar-refractivity contribution in [2.45, 2.75) is 12.5 Å². The van der Waals surface area contributed by atoms with Gasteiger partial charge in [-0.2, -0.15) is 5.26 Å². The van der Waals surface area contributed by atoms with Crippen LogP contribution >= 0.6 is 0 Å². The summed E-state index contributed by atoms with van der Waals surface area (Å²) in [5, 5.41) is 12.5. The van der Waals surface area contributed by atoms with Crippen LogP contribution in [0.4, 0.5) is 5.82 Å². The molecule has 162 valence electrons. The highest BCUT2D eigenvalue weighted by atomic mass is 16.1. The Morgan fingerprint density at radius 2 is 1.78 bits per heavy atom. The van der Waals surface area contributed by atoms with Crippen molar-refractivity contribution in [1.29, 1.82) is 5.26 Å². The number of carbonyl (C=O) groups excluding carboxylic acids is 1. The van der Waals surface area contributed by atoms with Crippen molar-refractivity contribution in [3.63, 3.8) is 0 Å². The van der Waals surface area contributed by atoms with Gasteiger partial charge in [0, 0.05) is 12.1 Å². The zero-order chi connectivity index (χ0) is 22.3. The van der Waals surface area contributed by atoms with Crippen LogP contribution in [0.3, 0.4) is 0 Å². The maximum Gasteiger partial charge on any atom is 0.243 e. The average molecular weight is 428 g/mol. The van der Waals surface area contributed by atoms with Crippen molar-refractivity contribution in [3.05, 3.63) is 78.5 Å². The first kappa shape index (κ1) is 21.5. The SMILES string of the molecule is C=CCNC(=O)[C@H](C#N)c1nc2ccccc2nc1N1CC[NH+](Cc2ccccc2)CC1. The van der Waals surface area contributed by atoms with Gasteiger partial charge in [-0.1, -0.05) is 48.5 Å². The fraction of sp³-hybridized carbons (Fsp3) is 0.280. The molecule has 0 unspecified atom stereocenters. The first-order chi connectivity index (χ1) is 15.7. The number of nitrogens with zero attached hydrogens (tertiary/aromatic N) is 4. The third-order valence-electron chi connectivity index (χ3n) is 5.73. The van der Waals surface area contributed by atoms with Crippen LogP contribution in [-0.2, 0) is 11.3 Å². The molecule has 1 aliphatic heterocycles. The number of hydrogen-bond donors (Lipinski definition) is 2. The number of nitrogens with one attached hydrogen (secondary N) is 2. The highest BCUT2D eigenvalue weighted by molar-refractivity contribution is 5.89. The smallest absolute Gasteiger partial charge is 0.243 e. The van der Waals surface area contributed by atoms with Crippen molar-refractivity contribution >= 4 is 22.8 Å². The van der Waals surface area contributed by atoms with Crippen molar-refractivity contribution in [3.8, 4) is 6.07 Å². The van der Waals surface area contributed by atoms with Gasteiger partial charge >= 0.3 is 0 Å². The van der Waals surface area contributed by atoms with Crippen molar-refractivity contribution in [2.24, 2.45) is 0 Å². The maximum absolute atomic E-state index is 12.7. The molecule has 2 heterocycles. The minimum Gasteiger partial charge on any atom is -0.351 e. The van der Waals surface area contributed by atoms with E-state index in [9.17, 15) is 10.1 Å². The summed E-state index contributed by atoms with van der Waals surface area (Å²) in [7, 11) is 0. The highest BCUT2D eigenvalue weighted by Gasteiger charge is 2.30. The number of carbonyl (C=O) groups is 1. The molecule has 2 N–H and O–H groups in total. The summed E-state index contributed by atoms with van der Waals surface area (Å²) in [6.07, 6.45) is 1.59. The lowest BCUT2D eigenvalue weighted by Crippen LogP contribution is -3.13. The van der Waals surface area contributed by atoms with Crippen LogP contribution in [-0.4, -0.2) is 48.6 Å². The molecule has 32 heavy (non-hydrogen) atoms. The van der Waals surface area contributed by atoms with Gasteiger partial charge in [0.25, 0.3) is 0 Å². The fourth-order valence-corrected chi connectivity index (χ4v) is 4.05. The van der Waals surface area contributed by atoms with Crippen LogP contribution in [0.2, 0.25) is 0 Å². The second-order valence-electron chi connectivity index (χ2n) is 7.92. The number of amides is 1. The summed E-state index contributed by atoms with van der Waals surface area (Å²) in [6.45, 7) is 8.37. The zero-order valence-corrected chi connectivity index (χ0v) is 18.0. The van der Waals surface area contributed by atoms with Gasteiger partial charge in [-0.15, -0.1) is 6.58 Å². The topological polar surface area (TPSA) is 86.3 Å². The van der Waals surface area contributed by atoms with Crippen LogP contribution in [0.5, 0.6) is 0 Å². The predicted octanol–water partition coefficient (Wildman–Crippen LogP) is 1.44. The normalized spacial score (nSPS) is 15.2. The summed E-state index contributed by atoms with van der Waals surface area (Å²) in [6, 6.07) is 20.2. The molecule has 1 amide bonds. The number of benzene rings is 2. The Bertz CT molecular complexity index is 1130. The molecule has 1 aliphatic rings. The van der Waals surface area contributed by atoms with Gasteiger partial charge in [-0.3, -0.25) is 4.79 Å². The van der Waals surface area contributed by atoms with E-state index >= 15 is 0 Å². The maximum atomic E-state index is 12.7. The number of fused-ring (bicyclic) bond motifs is 1. The molecular weight excluding hydrogens is 400 g/mol. The lowest BCUT2D eigenvalue weighted by atomic mass is 10.0. The zero-order valence-electron chi connectivity index (χ0n) is 18.0. The summed E-state index contributed by atoms with van der Waals surface area (Å²) in [4.78, 5) is 25.9. The first-order valence-corrected chi connectivity index (χ1v) is 10.9. The van der Waals surface area contributed by atoms with E-state index in [-0.39, 0.29) is 5.91 Å². The van der Waals surface area contributed by atoms with Gasteiger partial charge in [0.05, 0.1) is 43.3 Å². The molecule has 1 saturated heterocycles. The number of nitriles is 1. The molecule has 0 saturated carbocycles. The van der Waals surface area contributed by atoms with Gasteiger partial charge in [0.2, 0.25) is 5.91 Å². The quantitative estimate of drug-likeness (QED) is 0.558. The Kier molecular flexibility index (Phi) is 6.73. The van der Waals surface area contributed by atoms with E-state index in [4.69, 9.17) is 9.97 Å². The number of anilines is 1. The standard InChI is InChI=1S/C25H26N6O/c1-2-12-27-25(32)20(17-26)23-24(29-22-11-7-6-10-21(22)28-23)31-15-13-30(14-16-31)18-19-8-4-3-5-9-19/h2-11,20H,1,12-16,18H2,(H,27,32)/p+1/t20-/m1/s1. The molecule has 0 aliphatic carbocycles. The monoisotopic (exact) mass is 427 g/mol. The number of hydrogen-bond acceptors (Lipinski definition) is 5. The van der Waals surface area contributed by atoms with E-state index in [1.54, 1.807) is 6.08 Å². The highest BCUT2D eigenvalue weighted by Crippen LogP contribution is 2.27. The van der Waals surface area contributed by atoms with Crippen molar-refractivity contribution in [1.82, 2.24) is 15.3 Å². The molecule has 0 bridgehead atoms. The molecule has 7 heteroatoms. The Hall–Kier alpha value is -3.76. The molecule has 3 aromatic rings. The van der Waals surface area contributed by atoms with Crippen LogP contribution < -0.4 is 15.1 Å². The van der Waals surface area contributed by atoms with E-state index in [0.717, 1.165) is 38.2 Å². The second-order valence-corrected chi connectivity index (χ2v) is 7.92. The lowest BCUT2D eigenvalue weighted by molar-refractivity contribution is -0.914. The largest absolute Gasteiger partial charge is 0.351 e. The van der Waals surface area contributed by atoms with Crippen LogP contribution in [0.25, 0.3) is 11.0 Å². The van der Waals surface area contributed by atoms with Gasteiger partial charge < -0.3 is 15.1 Å². The van der Waals surface area contributed by atoms with E-state index in [1.807, 2.05) is 30.3 Å². The van der Waals surface area contributed by atoms with E-state index in [1.165, 1.54) is 10.5 Å². The Morgan fingerprint density at radius 3 is 2.44 bits per heavy atom. The minimum absolute atomic E-state index is 0.300. The van der Waals surface area contributed by atoms with Crippen molar-refractivity contribution < 1.29 is 9.69 Å².